The SMILES string of the molecule is Cc1nc(NC(=O)C(C)Sc2nnc(-c3ccccc3)n2CC(C)C)sc1C. The molecule has 0 aliphatic carbocycles. The van der Waals surface area contributed by atoms with Crippen molar-refractivity contribution in [2.45, 2.75) is 51.6 Å². The zero-order chi connectivity index (χ0) is 20.3. The van der Waals surface area contributed by atoms with Crippen LogP contribution in [0.15, 0.2) is 35.5 Å². The van der Waals surface area contributed by atoms with E-state index in [9.17, 15) is 4.79 Å². The van der Waals surface area contributed by atoms with Crippen LogP contribution in [0.25, 0.3) is 11.4 Å². The number of aromatic nitrogens is 4. The zero-order valence-corrected chi connectivity index (χ0v) is 18.4. The highest BCUT2D eigenvalue weighted by atomic mass is 32.2. The van der Waals surface area contributed by atoms with Crippen LogP contribution in [0, 0.1) is 19.8 Å². The lowest BCUT2D eigenvalue weighted by molar-refractivity contribution is -0.115. The average Bonchev–Trinajstić information content (AvgIpc) is 3.18. The van der Waals surface area contributed by atoms with Crippen molar-refractivity contribution in [1.82, 2.24) is 19.7 Å². The van der Waals surface area contributed by atoms with E-state index in [1.54, 1.807) is 0 Å². The second kappa shape index (κ2) is 8.87. The van der Waals surface area contributed by atoms with E-state index in [0.29, 0.717) is 11.0 Å². The van der Waals surface area contributed by atoms with Gasteiger partial charge in [0.2, 0.25) is 5.91 Å². The van der Waals surface area contributed by atoms with E-state index >= 15 is 0 Å². The largest absolute Gasteiger partial charge is 0.302 e. The molecule has 28 heavy (non-hydrogen) atoms. The lowest BCUT2D eigenvalue weighted by atomic mass is 10.2. The number of nitrogens with one attached hydrogen (secondary N) is 1. The number of anilines is 1. The molecule has 2 heterocycles. The quantitative estimate of drug-likeness (QED) is 0.562. The Bertz CT molecular complexity index is 929. The van der Waals surface area contributed by atoms with Gasteiger partial charge in [-0.3, -0.25) is 4.79 Å². The Balaban J connectivity index is 1.78. The summed E-state index contributed by atoms with van der Waals surface area (Å²) in [5.74, 6) is 1.18. The molecule has 1 unspecified atom stereocenters. The summed E-state index contributed by atoms with van der Waals surface area (Å²) in [6.45, 7) is 10.9. The maximum Gasteiger partial charge on any atom is 0.239 e. The van der Waals surface area contributed by atoms with Gasteiger partial charge in [0.1, 0.15) is 0 Å². The summed E-state index contributed by atoms with van der Waals surface area (Å²) in [5.41, 5.74) is 1.97. The highest BCUT2D eigenvalue weighted by Gasteiger charge is 2.22. The molecule has 2 aromatic heterocycles. The second-order valence-corrected chi connectivity index (χ2v) is 9.60. The van der Waals surface area contributed by atoms with Crippen molar-refractivity contribution in [3.05, 3.63) is 40.9 Å². The van der Waals surface area contributed by atoms with Gasteiger partial charge in [-0.2, -0.15) is 0 Å². The van der Waals surface area contributed by atoms with Gasteiger partial charge in [0, 0.05) is 17.0 Å². The van der Waals surface area contributed by atoms with Gasteiger partial charge in [0.15, 0.2) is 16.1 Å². The number of nitrogens with zero attached hydrogens (tertiary/aromatic N) is 4. The molecule has 6 nitrogen and oxygen atoms in total. The molecular weight excluding hydrogens is 390 g/mol. The van der Waals surface area contributed by atoms with E-state index in [-0.39, 0.29) is 11.2 Å². The molecule has 1 N–H and O–H groups in total. The highest BCUT2D eigenvalue weighted by molar-refractivity contribution is 8.00. The van der Waals surface area contributed by atoms with Crippen LogP contribution in [0.4, 0.5) is 5.13 Å². The standard InChI is InChI=1S/C20H25N5OS2/c1-12(2)11-25-17(16-9-7-6-8-10-16)23-24-20(25)28-15(5)18(26)22-19-21-13(3)14(4)27-19/h6-10,12,15H,11H2,1-5H3,(H,21,22,26). The molecule has 0 radical (unpaired) electrons. The van der Waals surface area contributed by atoms with E-state index in [1.807, 2.05) is 51.1 Å². The van der Waals surface area contributed by atoms with Crippen molar-refractivity contribution in [3.63, 3.8) is 0 Å². The van der Waals surface area contributed by atoms with Crippen LogP contribution in [-0.2, 0) is 11.3 Å². The summed E-state index contributed by atoms with van der Waals surface area (Å²) >= 11 is 2.91. The van der Waals surface area contributed by atoms with Gasteiger partial charge in [0.25, 0.3) is 0 Å². The summed E-state index contributed by atoms with van der Waals surface area (Å²) < 4.78 is 2.10. The van der Waals surface area contributed by atoms with Gasteiger partial charge in [-0.05, 0) is 26.7 Å². The Morgan fingerprint density at radius 2 is 1.89 bits per heavy atom. The van der Waals surface area contributed by atoms with Crippen molar-refractivity contribution >= 4 is 34.1 Å². The first kappa shape index (κ1) is 20.5. The van der Waals surface area contributed by atoms with Crippen LogP contribution >= 0.6 is 23.1 Å². The van der Waals surface area contributed by atoms with Gasteiger partial charge < -0.3 is 9.88 Å². The fourth-order valence-corrected chi connectivity index (χ4v) is 4.33. The van der Waals surface area contributed by atoms with E-state index < -0.39 is 0 Å². The third-order valence-corrected chi connectivity index (χ3v) is 6.28. The van der Waals surface area contributed by atoms with Crippen molar-refractivity contribution in [1.29, 1.82) is 0 Å². The average molecular weight is 416 g/mol. The van der Waals surface area contributed by atoms with E-state index in [1.165, 1.54) is 23.1 Å². The summed E-state index contributed by atoms with van der Waals surface area (Å²) in [6.07, 6.45) is 0. The third kappa shape index (κ3) is 4.80. The van der Waals surface area contributed by atoms with Gasteiger partial charge in [-0.1, -0.05) is 55.9 Å². The third-order valence-electron chi connectivity index (χ3n) is 4.21. The predicted molar refractivity (Wildman–Crippen MR) is 116 cm³/mol. The Labute approximate surface area is 173 Å². The molecule has 148 valence electrons. The number of benzene rings is 1. The van der Waals surface area contributed by atoms with Crippen LogP contribution < -0.4 is 5.32 Å². The monoisotopic (exact) mass is 415 g/mol. The molecule has 0 aliphatic rings. The summed E-state index contributed by atoms with van der Waals surface area (Å²) in [4.78, 5) is 18.1. The zero-order valence-electron chi connectivity index (χ0n) is 16.8. The molecule has 0 spiro atoms. The lowest BCUT2D eigenvalue weighted by Gasteiger charge is -2.14. The molecule has 0 bridgehead atoms. The van der Waals surface area contributed by atoms with Crippen molar-refractivity contribution in [2.24, 2.45) is 5.92 Å². The number of aryl methyl sites for hydroxylation is 2. The Morgan fingerprint density at radius 1 is 1.18 bits per heavy atom. The molecular formula is C20H25N5OS2. The fourth-order valence-electron chi connectivity index (χ4n) is 2.65. The first-order chi connectivity index (χ1) is 13.3. The Hall–Kier alpha value is -2.19. The van der Waals surface area contributed by atoms with Crippen LogP contribution in [0.1, 0.15) is 31.3 Å². The molecule has 3 aromatic rings. The number of thiazole rings is 1. The smallest absolute Gasteiger partial charge is 0.239 e. The minimum Gasteiger partial charge on any atom is -0.302 e. The van der Waals surface area contributed by atoms with Crippen LogP contribution in [-0.4, -0.2) is 30.9 Å². The minimum absolute atomic E-state index is 0.0842. The summed E-state index contributed by atoms with van der Waals surface area (Å²) in [6, 6.07) is 10.0. The molecule has 1 aromatic carbocycles. The minimum atomic E-state index is -0.316. The number of hydrogen-bond donors (Lipinski definition) is 1. The molecule has 1 atom stereocenters. The summed E-state index contributed by atoms with van der Waals surface area (Å²) in [5, 5.41) is 12.8. The number of thioether (sulfide) groups is 1. The highest BCUT2D eigenvalue weighted by Crippen LogP contribution is 2.29. The molecule has 0 fully saturated rings. The van der Waals surface area contributed by atoms with Crippen LogP contribution in [0.3, 0.4) is 0 Å². The molecule has 8 heteroatoms. The van der Waals surface area contributed by atoms with E-state index in [2.05, 4.69) is 38.9 Å². The molecule has 0 aliphatic heterocycles. The number of amides is 1. The number of rotatable bonds is 7. The van der Waals surface area contributed by atoms with E-state index in [4.69, 9.17) is 0 Å². The van der Waals surface area contributed by atoms with Gasteiger partial charge in [-0.25, -0.2) is 4.98 Å². The molecule has 3 rings (SSSR count). The Kier molecular flexibility index (Phi) is 6.51. The second-order valence-electron chi connectivity index (χ2n) is 7.09. The van der Waals surface area contributed by atoms with Crippen molar-refractivity contribution < 1.29 is 4.79 Å². The van der Waals surface area contributed by atoms with Gasteiger partial charge >= 0.3 is 0 Å². The Morgan fingerprint density at radius 3 is 2.50 bits per heavy atom. The topological polar surface area (TPSA) is 72.7 Å². The van der Waals surface area contributed by atoms with Gasteiger partial charge in [-0.15, -0.1) is 21.5 Å². The first-order valence-electron chi connectivity index (χ1n) is 9.25. The first-order valence-corrected chi connectivity index (χ1v) is 10.9. The maximum absolute atomic E-state index is 12.6. The molecule has 0 saturated carbocycles. The van der Waals surface area contributed by atoms with Crippen molar-refractivity contribution in [3.8, 4) is 11.4 Å². The predicted octanol–water partition coefficient (Wildman–Crippen LogP) is 4.79. The molecule has 0 saturated heterocycles. The number of carbonyl (C=O) groups excluding carboxylic acids is 1. The van der Waals surface area contributed by atoms with Crippen molar-refractivity contribution in [2.75, 3.05) is 5.32 Å². The van der Waals surface area contributed by atoms with Gasteiger partial charge in [0.05, 0.1) is 10.9 Å². The lowest BCUT2D eigenvalue weighted by Crippen LogP contribution is -2.23. The number of hydrogen-bond acceptors (Lipinski definition) is 6. The van der Waals surface area contributed by atoms with E-state index in [0.717, 1.165) is 33.7 Å². The maximum atomic E-state index is 12.6. The fraction of sp³-hybridized carbons (Fsp3) is 0.400. The molecule has 1 amide bonds. The van der Waals surface area contributed by atoms with Crippen LogP contribution in [0.5, 0.6) is 0 Å². The van der Waals surface area contributed by atoms with Crippen LogP contribution in [0.2, 0.25) is 0 Å². The summed E-state index contributed by atoms with van der Waals surface area (Å²) in [7, 11) is 0. The number of carbonyl (C=O) groups is 1. The normalized spacial score (nSPS) is 12.4.